The van der Waals surface area contributed by atoms with E-state index in [4.69, 9.17) is 11.6 Å². The molecule has 0 saturated heterocycles. The zero-order valence-corrected chi connectivity index (χ0v) is 14.3. The fourth-order valence-electron chi connectivity index (χ4n) is 1.85. The highest BCUT2D eigenvalue weighted by Gasteiger charge is 2.11. The lowest BCUT2D eigenvalue weighted by Gasteiger charge is -2.07. The fraction of sp³-hybridized carbons (Fsp3) is 0.176. The van der Waals surface area contributed by atoms with Gasteiger partial charge < -0.3 is 10.6 Å². The van der Waals surface area contributed by atoms with Crippen LogP contribution in [0.5, 0.6) is 0 Å². The molecule has 2 N–H and O–H groups in total. The Morgan fingerprint density at radius 1 is 1.04 bits per heavy atom. The van der Waals surface area contributed by atoms with E-state index in [-0.39, 0.29) is 18.0 Å². The van der Waals surface area contributed by atoms with Gasteiger partial charge in [-0.2, -0.15) is 0 Å². The van der Waals surface area contributed by atoms with Gasteiger partial charge in [-0.25, -0.2) is 4.39 Å². The summed E-state index contributed by atoms with van der Waals surface area (Å²) in [6.45, 7) is 0.264. The molecule has 0 aromatic heterocycles. The highest BCUT2D eigenvalue weighted by atomic mass is 35.5. The van der Waals surface area contributed by atoms with Crippen molar-refractivity contribution in [2.45, 2.75) is 4.90 Å². The number of halogens is 2. The van der Waals surface area contributed by atoms with Gasteiger partial charge in [0.05, 0.1) is 12.1 Å². The first-order valence-corrected chi connectivity index (χ1v) is 8.60. The van der Waals surface area contributed by atoms with Crippen LogP contribution in [0.1, 0.15) is 10.4 Å². The average Bonchev–Trinajstić information content (AvgIpc) is 2.58. The summed E-state index contributed by atoms with van der Waals surface area (Å²) in [5, 5.41) is 5.76. The Bertz CT molecular complexity index is 710. The Morgan fingerprint density at radius 3 is 2.46 bits per heavy atom. The Morgan fingerprint density at radius 2 is 1.75 bits per heavy atom. The van der Waals surface area contributed by atoms with Crippen molar-refractivity contribution in [3.05, 3.63) is 64.9 Å². The van der Waals surface area contributed by atoms with Crippen LogP contribution >= 0.6 is 23.4 Å². The molecule has 2 aromatic carbocycles. The average molecular weight is 367 g/mol. The monoisotopic (exact) mass is 366 g/mol. The molecule has 0 atom stereocenters. The van der Waals surface area contributed by atoms with Gasteiger partial charge in [0, 0.05) is 22.2 Å². The van der Waals surface area contributed by atoms with E-state index in [9.17, 15) is 14.0 Å². The molecule has 0 aliphatic rings. The molecule has 0 aliphatic carbocycles. The molecule has 0 heterocycles. The van der Waals surface area contributed by atoms with Crippen molar-refractivity contribution in [1.82, 2.24) is 10.6 Å². The Hall–Kier alpha value is -2.05. The predicted octanol–water partition coefficient (Wildman–Crippen LogP) is 3.12. The van der Waals surface area contributed by atoms with E-state index >= 15 is 0 Å². The zero-order valence-electron chi connectivity index (χ0n) is 12.7. The second-order valence-electron chi connectivity index (χ2n) is 4.81. The number of carbonyl (C=O) groups is 2. The van der Waals surface area contributed by atoms with Gasteiger partial charge in [-0.05, 0) is 36.4 Å². The predicted molar refractivity (Wildman–Crippen MR) is 93.9 cm³/mol. The van der Waals surface area contributed by atoms with E-state index in [1.165, 1.54) is 18.2 Å². The second kappa shape index (κ2) is 9.30. The summed E-state index contributed by atoms with van der Waals surface area (Å²) in [6.07, 6.45) is 0. The number of benzene rings is 2. The lowest BCUT2D eigenvalue weighted by Crippen LogP contribution is -2.38. The van der Waals surface area contributed by atoms with Crippen LogP contribution in [0.15, 0.2) is 53.4 Å². The maximum absolute atomic E-state index is 13.4. The first kappa shape index (κ1) is 18.3. The number of nitrogens with one attached hydrogen (secondary N) is 2. The van der Waals surface area contributed by atoms with E-state index in [0.29, 0.717) is 17.3 Å². The zero-order chi connectivity index (χ0) is 17.4. The van der Waals surface area contributed by atoms with Crippen molar-refractivity contribution in [3.8, 4) is 0 Å². The topological polar surface area (TPSA) is 58.2 Å². The highest BCUT2D eigenvalue weighted by molar-refractivity contribution is 7.99. The lowest BCUT2D eigenvalue weighted by atomic mass is 10.2. The Balaban J connectivity index is 1.65. The third-order valence-electron chi connectivity index (χ3n) is 3.03. The SMILES string of the molecule is O=C(CNC(=O)c1ccccc1F)NCCSc1ccc(Cl)cc1. The largest absolute Gasteiger partial charge is 0.354 e. The highest BCUT2D eigenvalue weighted by Crippen LogP contribution is 2.19. The molecule has 7 heteroatoms. The fourth-order valence-corrected chi connectivity index (χ4v) is 2.75. The molecule has 4 nitrogen and oxygen atoms in total. The molecule has 126 valence electrons. The van der Waals surface area contributed by atoms with Crippen LogP contribution in [0.25, 0.3) is 0 Å². The molecule has 0 fully saturated rings. The van der Waals surface area contributed by atoms with Crippen LogP contribution in [-0.4, -0.2) is 30.7 Å². The van der Waals surface area contributed by atoms with E-state index < -0.39 is 11.7 Å². The van der Waals surface area contributed by atoms with Gasteiger partial charge in [0.1, 0.15) is 5.82 Å². The number of amides is 2. The van der Waals surface area contributed by atoms with E-state index in [1.807, 2.05) is 12.1 Å². The molecule has 0 saturated carbocycles. The molecule has 0 bridgehead atoms. The summed E-state index contributed by atoms with van der Waals surface area (Å²) in [5.41, 5.74) is -0.0800. The Kier molecular flexibility index (Phi) is 7.08. The number of rotatable bonds is 7. The van der Waals surface area contributed by atoms with Crippen LogP contribution in [0.4, 0.5) is 4.39 Å². The first-order chi connectivity index (χ1) is 11.6. The van der Waals surface area contributed by atoms with Gasteiger partial charge in [-0.3, -0.25) is 9.59 Å². The summed E-state index contributed by atoms with van der Waals surface area (Å²) in [5.74, 6) is -0.862. The number of thioether (sulfide) groups is 1. The van der Waals surface area contributed by atoms with Crippen molar-refractivity contribution >= 4 is 35.2 Å². The van der Waals surface area contributed by atoms with Gasteiger partial charge in [0.2, 0.25) is 5.91 Å². The molecular formula is C17H16ClFN2O2S. The minimum atomic E-state index is -0.616. The van der Waals surface area contributed by atoms with E-state index in [1.54, 1.807) is 30.0 Å². The molecule has 2 rings (SSSR count). The van der Waals surface area contributed by atoms with Gasteiger partial charge >= 0.3 is 0 Å². The minimum Gasteiger partial charge on any atom is -0.354 e. The van der Waals surface area contributed by atoms with Crippen molar-refractivity contribution in [2.75, 3.05) is 18.8 Å². The standard InChI is InChI=1S/C17H16ClFN2O2S/c18-12-5-7-13(8-6-12)24-10-9-20-16(22)11-21-17(23)14-3-1-2-4-15(14)19/h1-8H,9-11H2,(H,20,22)(H,21,23). The third kappa shape index (κ3) is 5.86. The smallest absolute Gasteiger partial charge is 0.254 e. The quantitative estimate of drug-likeness (QED) is 0.584. The molecule has 0 spiro atoms. The summed E-state index contributed by atoms with van der Waals surface area (Å²) in [6, 6.07) is 13.0. The normalized spacial score (nSPS) is 10.2. The van der Waals surface area contributed by atoms with Gasteiger partial charge in [0.15, 0.2) is 0 Å². The summed E-state index contributed by atoms with van der Waals surface area (Å²) < 4.78 is 13.4. The number of carbonyl (C=O) groups excluding carboxylic acids is 2. The summed E-state index contributed by atoms with van der Waals surface area (Å²) in [4.78, 5) is 24.5. The molecule has 2 aromatic rings. The van der Waals surface area contributed by atoms with Crippen molar-refractivity contribution in [2.24, 2.45) is 0 Å². The van der Waals surface area contributed by atoms with Crippen LogP contribution in [-0.2, 0) is 4.79 Å². The maximum Gasteiger partial charge on any atom is 0.254 e. The van der Waals surface area contributed by atoms with Crippen LogP contribution in [0.2, 0.25) is 5.02 Å². The van der Waals surface area contributed by atoms with Crippen LogP contribution < -0.4 is 10.6 Å². The number of hydrogen-bond acceptors (Lipinski definition) is 3. The number of hydrogen-bond donors (Lipinski definition) is 2. The Labute approximate surface area is 148 Å². The second-order valence-corrected chi connectivity index (χ2v) is 6.42. The van der Waals surface area contributed by atoms with E-state index in [2.05, 4.69) is 10.6 Å². The van der Waals surface area contributed by atoms with Crippen molar-refractivity contribution in [3.63, 3.8) is 0 Å². The summed E-state index contributed by atoms with van der Waals surface area (Å²) >= 11 is 7.39. The van der Waals surface area contributed by atoms with Gasteiger partial charge in [0.25, 0.3) is 5.91 Å². The maximum atomic E-state index is 13.4. The van der Waals surface area contributed by atoms with Crippen molar-refractivity contribution in [1.29, 1.82) is 0 Å². The summed E-state index contributed by atoms with van der Waals surface area (Å²) in [7, 11) is 0. The van der Waals surface area contributed by atoms with Crippen LogP contribution in [0, 0.1) is 5.82 Å². The molecule has 0 unspecified atom stereocenters. The minimum absolute atomic E-state index is 0.0800. The van der Waals surface area contributed by atoms with E-state index in [0.717, 1.165) is 4.90 Å². The molecular weight excluding hydrogens is 351 g/mol. The molecule has 24 heavy (non-hydrogen) atoms. The van der Waals surface area contributed by atoms with Gasteiger partial charge in [-0.1, -0.05) is 23.7 Å². The molecule has 0 radical (unpaired) electrons. The molecule has 2 amide bonds. The van der Waals surface area contributed by atoms with Crippen LogP contribution in [0.3, 0.4) is 0 Å². The van der Waals surface area contributed by atoms with Gasteiger partial charge in [-0.15, -0.1) is 11.8 Å². The first-order valence-electron chi connectivity index (χ1n) is 7.24. The van der Waals surface area contributed by atoms with Crippen molar-refractivity contribution < 1.29 is 14.0 Å². The third-order valence-corrected chi connectivity index (χ3v) is 4.30. The lowest BCUT2D eigenvalue weighted by molar-refractivity contribution is -0.120. The molecule has 0 aliphatic heterocycles.